The topological polar surface area (TPSA) is 74.2 Å². The van der Waals surface area contributed by atoms with Crippen LogP contribution in [0, 0.1) is 6.92 Å². The van der Waals surface area contributed by atoms with Crippen LogP contribution >= 0.6 is 0 Å². The molecule has 2 N–H and O–H groups in total. The van der Waals surface area contributed by atoms with Crippen LogP contribution in [0.1, 0.15) is 45.8 Å². The molecule has 0 aromatic carbocycles. The lowest BCUT2D eigenvalue weighted by Gasteiger charge is -2.33. The number of aromatic nitrogens is 2. The summed E-state index contributed by atoms with van der Waals surface area (Å²) in [5.74, 6) is 1.06. The van der Waals surface area contributed by atoms with Gasteiger partial charge in [0.1, 0.15) is 5.54 Å². The zero-order valence-electron chi connectivity index (χ0n) is 10.5. The number of nitrogens with zero attached hydrogens (tertiary/aromatic N) is 2. The molecule has 0 bridgehead atoms. The predicted molar refractivity (Wildman–Crippen MR) is 58.8 cm³/mol. The molecule has 1 unspecified atom stereocenters. The minimum atomic E-state index is -0.700. The molecule has 16 heavy (non-hydrogen) atoms. The molecule has 0 amide bonds. The Morgan fingerprint density at radius 3 is 2.25 bits per heavy atom. The molecule has 1 fully saturated rings. The first kappa shape index (κ1) is 11.5. The number of ether oxygens (including phenoxy) is 1. The minimum Gasteiger partial charge on any atom is -0.367 e. The SMILES string of the molecule is Cc1nc(C2(N)CC(C)(C)OC2(C)C)no1. The van der Waals surface area contributed by atoms with E-state index in [-0.39, 0.29) is 5.60 Å². The van der Waals surface area contributed by atoms with Crippen LogP contribution in [0.4, 0.5) is 0 Å². The smallest absolute Gasteiger partial charge is 0.223 e. The molecule has 1 aromatic rings. The fourth-order valence-electron chi connectivity index (χ4n) is 2.53. The van der Waals surface area contributed by atoms with Gasteiger partial charge in [-0.1, -0.05) is 5.16 Å². The second-order valence-corrected chi connectivity index (χ2v) is 5.66. The Morgan fingerprint density at radius 1 is 1.25 bits per heavy atom. The average molecular weight is 225 g/mol. The Hall–Kier alpha value is -0.940. The molecule has 1 atom stereocenters. The summed E-state index contributed by atoms with van der Waals surface area (Å²) >= 11 is 0. The maximum absolute atomic E-state index is 6.44. The van der Waals surface area contributed by atoms with Crippen LogP contribution in [0.3, 0.4) is 0 Å². The molecular formula is C11H19N3O2. The molecule has 1 aliphatic rings. The molecule has 0 aliphatic carbocycles. The van der Waals surface area contributed by atoms with Crippen LogP contribution < -0.4 is 5.73 Å². The maximum Gasteiger partial charge on any atom is 0.223 e. The fraction of sp³-hybridized carbons (Fsp3) is 0.818. The van der Waals surface area contributed by atoms with Crippen LogP contribution in [0.5, 0.6) is 0 Å². The average Bonchev–Trinajstić information content (AvgIpc) is 2.53. The highest BCUT2D eigenvalue weighted by Crippen LogP contribution is 2.48. The number of hydrogen-bond acceptors (Lipinski definition) is 5. The zero-order chi connectivity index (χ0) is 12.2. The normalized spacial score (nSPS) is 31.9. The second kappa shape index (κ2) is 3.05. The van der Waals surface area contributed by atoms with Gasteiger partial charge in [-0.2, -0.15) is 4.98 Å². The van der Waals surface area contributed by atoms with Gasteiger partial charge in [0.05, 0.1) is 11.2 Å². The van der Waals surface area contributed by atoms with E-state index in [0.29, 0.717) is 18.1 Å². The summed E-state index contributed by atoms with van der Waals surface area (Å²) < 4.78 is 11.0. The van der Waals surface area contributed by atoms with Gasteiger partial charge < -0.3 is 15.0 Å². The second-order valence-electron chi connectivity index (χ2n) is 5.66. The summed E-state index contributed by atoms with van der Waals surface area (Å²) in [7, 11) is 0. The Balaban J connectivity index is 2.45. The van der Waals surface area contributed by atoms with Crippen molar-refractivity contribution >= 4 is 0 Å². The molecule has 1 aromatic heterocycles. The van der Waals surface area contributed by atoms with E-state index >= 15 is 0 Å². The summed E-state index contributed by atoms with van der Waals surface area (Å²) in [5.41, 5.74) is 4.96. The van der Waals surface area contributed by atoms with Crippen molar-refractivity contribution in [1.82, 2.24) is 10.1 Å². The van der Waals surface area contributed by atoms with Crippen molar-refractivity contribution in [3.63, 3.8) is 0 Å². The fourth-order valence-corrected chi connectivity index (χ4v) is 2.53. The van der Waals surface area contributed by atoms with E-state index in [9.17, 15) is 0 Å². The summed E-state index contributed by atoms with van der Waals surface area (Å²) in [4.78, 5) is 4.24. The van der Waals surface area contributed by atoms with Crippen molar-refractivity contribution < 1.29 is 9.26 Å². The van der Waals surface area contributed by atoms with Crippen molar-refractivity contribution in [2.75, 3.05) is 0 Å². The molecule has 1 aliphatic heterocycles. The van der Waals surface area contributed by atoms with Gasteiger partial charge in [-0.25, -0.2) is 0 Å². The van der Waals surface area contributed by atoms with E-state index in [0.717, 1.165) is 0 Å². The molecular weight excluding hydrogens is 206 g/mol. The number of aryl methyl sites for hydroxylation is 1. The van der Waals surface area contributed by atoms with E-state index in [4.69, 9.17) is 15.0 Å². The van der Waals surface area contributed by atoms with Gasteiger partial charge in [-0.05, 0) is 27.7 Å². The highest BCUT2D eigenvalue weighted by molar-refractivity contribution is 5.18. The van der Waals surface area contributed by atoms with Crippen LogP contribution in [-0.2, 0) is 10.3 Å². The molecule has 2 heterocycles. The first-order valence-electron chi connectivity index (χ1n) is 5.46. The van der Waals surface area contributed by atoms with Crippen molar-refractivity contribution in [3.8, 4) is 0 Å². The third-order valence-corrected chi connectivity index (χ3v) is 3.24. The van der Waals surface area contributed by atoms with Crippen LogP contribution in [0.2, 0.25) is 0 Å². The molecule has 1 saturated heterocycles. The largest absolute Gasteiger partial charge is 0.367 e. The highest BCUT2D eigenvalue weighted by atomic mass is 16.5. The lowest BCUT2D eigenvalue weighted by molar-refractivity contribution is -0.0805. The van der Waals surface area contributed by atoms with Gasteiger partial charge in [0.2, 0.25) is 5.89 Å². The molecule has 5 heteroatoms. The Bertz CT molecular complexity index is 411. The monoisotopic (exact) mass is 225 g/mol. The molecule has 0 radical (unpaired) electrons. The van der Waals surface area contributed by atoms with Gasteiger partial charge in [0, 0.05) is 13.3 Å². The zero-order valence-corrected chi connectivity index (χ0v) is 10.5. The maximum atomic E-state index is 6.44. The van der Waals surface area contributed by atoms with Crippen LogP contribution in [0.15, 0.2) is 4.52 Å². The van der Waals surface area contributed by atoms with E-state index in [1.807, 2.05) is 27.7 Å². The first-order valence-corrected chi connectivity index (χ1v) is 5.46. The summed E-state index contributed by atoms with van der Waals surface area (Å²) in [6, 6.07) is 0. The lowest BCUT2D eigenvalue weighted by Crippen LogP contribution is -2.51. The van der Waals surface area contributed by atoms with Crippen molar-refractivity contribution in [3.05, 3.63) is 11.7 Å². The van der Waals surface area contributed by atoms with E-state index in [2.05, 4.69) is 10.1 Å². The Morgan fingerprint density at radius 2 is 1.88 bits per heavy atom. The quantitative estimate of drug-likeness (QED) is 0.784. The van der Waals surface area contributed by atoms with Crippen LogP contribution in [-0.4, -0.2) is 21.3 Å². The lowest BCUT2D eigenvalue weighted by atomic mass is 9.79. The van der Waals surface area contributed by atoms with Gasteiger partial charge in [-0.15, -0.1) is 0 Å². The Labute approximate surface area is 95.3 Å². The van der Waals surface area contributed by atoms with Crippen LogP contribution in [0.25, 0.3) is 0 Å². The first-order chi connectivity index (χ1) is 7.16. The summed E-state index contributed by atoms with van der Waals surface area (Å²) in [6.45, 7) is 9.74. The van der Waals surface area contributed by atoms with E-state index in [1.165, 1.54) is 0 Å². The third kappa shape index (κ3) is 1.55. The summed E-state index contributed by atoms with van der Waals surface area (Å²) in [6.07, 6.45) is 0.673. The van der Waals surface area contributed by atoms with Gasteiger partial charge in [0.15, 0.2) is 5.82 Å². The third-order valence-electron chi connectivity index (χ3n) is 3.24. The van der Waals surface area contributed by atoms with Crippen molar-refractivity contribution in [1.29, 1.82) is 0 Å². The minimum absolute atomic E-state index is 0.271. The predicted octanol–water partition coefficient (Wildman–Crippen LogP) is 1.51. The van der Waals surface area contributed by atoms with Gasteiger partial charge >= 0.3 is 0 Å². The summed E-state index contributed by atoms with van der Waals surface area (Å²) in [5, 5.41) is 3.94. The van der Waals surface area contributed by atoms with E-state index < -0.39 is 11.1 Å². The highest BCUT2D eigenvalue weighted by Gasteiger charge is 2.58. The van der Waals surface area contributed by atoms with Crippen molar-refractivity contribution in [2.45, 2.75) is 57.8 Å². The standard InChI is InChI=1S/C11H19N3O2/c1-7-13-8(14-15-7)11(12)6-9(2,3)16-10(11,4)5/h6,12H2,1-5H3. The number of rotatable bonds is 1. The molecule has 90 valence electrons. The molecule has 5 nitrogen and oxygen atoms in total. The van der Waals surface area contributed by atoms with Gasteiger partial charge in [0.25, 0.3) is 0 Å². The number of nitrogens with two attached hydrogens (primary N) is 1. The van der Waals surface area contributed by atoms with Gasteiger partial charge in [-0.3, -0.25) is 0 Å². The molecule has 2 rings (SSSR count). The Kier molecular flexibility index (Phi) is 2.20. The molecule has 0 saturated carbocycles. The molecule has 0 spiro atoms. The number of hydrogen-bond donors (Lipinski definition) is 1. The van der Waals surface area contributed by atoms with Crippen molar-refractivity contribution in [2.24, 2.45) is 5.73 Å². The van der Waals surface area contributed by atoms with E-state index in [1.54, 1.807) is 6.92 Å².